The molecule has 0 aliphatic carbocycles. The highest BCUT2D eigenvalue weighted by molar-refractivity contribution is 5.82. The highest BCUT2D eigenvalue weighted by Gasteiger charge is 2.15. The molecule has 7 heteroatoms. The molecule has 1 amide bonds. The number of methoxy groups -OCH3 is 1. The van der Waals surface area contributed by atoms with Crippen LogP contribution in [-0.2, 0) is 14.3 Å². The third-order valence-corrected chi connectivity index (χ3v) is 4.03. The van der Waals surface area contributed by atoms with Gasteiger partial charge in [0.1, 0.15) is 22.8 Å². The third-order valence-electron chi connectivity index (χ3n) is 4.03. The number of amides is 1. The fourth-order valence-electron chi connectivity index (χ4n) is 2.57. The summed E-state index contributed by atoms with van der Waals surface area (Å²) in [6.45, 7) is 1.11. The Labute approximate surface area is 162 Å². The Morgan fingerprint density at radius 1 is 1.04 bits per heavy atom. The van der Waals surface area contributed by atoms with Crippen LogP contribution in [0, 0.1) is 0 Å². The lowest BCUT2D eigenvalue weighted by Gasteiger charge is -2.12. The van der Waals surface area contributed by atoms with Crippen LogP contribution in [-0.4, -0.2) is 32.2 Å². The van der Waals surface area contributed by atoms with E-state index in [2.05, 4.69) is 5.32 Å². The minimum absolute atomic E-state index is 0.293. The van der Waals surface area contributed by atoms with Gasteiger partial charge in [-0.25, -0.2) is 4.79 Å². The van der Waals surface area contributed by atoms with Gasteiger partial charge in [0.2, 0.25) is 0 Å². The van der Waals surface area contributed by atoms with Crippen molar-refractivity contribution < 1.29 is 28.2 Å². The number of para-hydroxylation sites is 1. The molecule has 0 saturated carbocycles. The van der Waals surface area contributed by atoms with E-state index in [0.29, 0.717) is 17.3 Å². The number of carbonyl (C=O) groups is 2. The quantitative estimate of drug-likeness (QED) is 0.601. The molecule has 3 rings (SSSR count). The molecule has 0 radical (unpaired) electrons. The number of furan rings is 1. The molecule has 3 aromatic rings. The summed E-state index contributed by atoms with van der Waals surface area (Å²) in [5.41, 5.74) is 0.751. The van der Waals surface area contributed by atoms with Crippen molar-refractivity contribution in [2.45, 2.75) is 13.0 Å². The molecule has 0 bridgehead atoms. The van der Waals surface area contributed by atoms with Crippen molar-refractivity contribution in [2.24, 2.45) is 0 Å². The van der Waals surface area contributed by atoms with Gasteiger partial charge in [-0.15, -0.1) is 0 Å². The average molecular weight is 383 g/mol. The Hall–Kier alpha value is -3.48. The molecular weight excluding hydrogens is 362 g/mol. The van der Waals surface area contributed by atoms with E-state index in [0.717, 1.165) is 11.0 Å². The van der Waals surface area contributed by atoms with Crippen LogP contribution in [0.3, 0.4) is 0 Å². The molecule has 0 aliphatic heterocycles. The summed E-state index contributed by atoms with van der Waals surface area (Å²) >= 11 is 0. The van der Waals surface area contributed by atoms with Crippen LogP contribution in [0.25, 0.3) is 11.0 Å². The number of ether oxygens (including phenoxy) is 3. The minimum Gasteiger partial charge on any atom is -0.497 e. The van der Waals surface area contributed by atoms with Gasteiger partial charge in [0, 0.05) is 5.39 Å². The number of esters is 1. The topological polar surface area (TPSA) is 87.0 Å². The van der Waals surface area contributed by atoms with Gasteiger partial charge in [-0.05, 0) is 43.3 Å². The van der Waals surface area contributed by atoms with Gasteiger partial charge in [0.25, 0.3) is 5.91 Å². The first-order valence-corrected chi connectivity index (χ1v) is 8.75. The normalized spacial score (nSPS) is 11.6. The van der Waals surface area contributed by atoms with Crippen LogP contribution >= 0.6 is 0 Å². The molecule has 2 aromatic carbocycles. The summed E-state index contributed by atoms with van der Waals surface area (Å²) < 4.78 is 21.0. The van der Waals surface area contributed by atoms with Crippen LogP contribution in [0.1, 0.15) is 18.7 Å². The molecule has 1 aromatic heterocycles. The average Bonchev–Trinajstić information content (AvgIpc) is 3.15. The van der Waals surface area contributed by atoms with Crippen molar-refractivity contribution >= 4 is 22.8 Å². The predicted molar refractivity (Wildman–Crippen MR) is 102 cm³/mol. The van der Waals surface area contributed by atoms with Crippen LogP contribution in [0.5, 0.6) is 11.5 Å². The first-order valence-electron chi connectivity index (χ1n) is 8.75. The lowest BCUT2D eigenvalue weighted by Crippen LogP contribution is -2.31. The third kappa shape index (κ3) is 5.03. The molecular formula is C21H21NO6. The van der Waals surface area contributed by atoms with Crippen molar-refractivity contribution in [1.82, 2.24) is 5.32 Å². The van der Waals surface area contributed by atoms with Gasteiger partial charge < -0.3 is 23.9 Å². The second kappa shape index (κ2) is 8.94. The number of benzene rings is 2. The Morgan fingerprint density at radius 3 is 2.46 bits per heavy atom. The van der Waals surface area contributed by atoms with Gasteiger partial charge in [-0.1, -0.05) is 18.2 Å². The fraction of sp³-hybridized carbons (Fsp3) is 0.238. The van der Waals surface area contributed by atoms with E-state index in [4.69, 9.17) is 18.6 Å². The maximum atomic E-state index is 12.0. The molecule has 7 nitrogen and oxygen atoms in total. The molecule has 0 saturated heterocycles. The first kappa shape index (κ1) is 19.3. The zero-order valence-corrected chi connectivity index (χ0v) is 15.6. The van der Waals surface area contributed by atoms with Crippen molar-refractivity contribution in [3.8, 4) is 11.5 Å². The second-order valence-electron chi connectivity index (χ2n) is 6.10. The van der Waals surface area contributed by atoms with E-state index in [-0.39, 0.29) is 12.6 Å². The number of hydrogen-bond donors (Lipinski definition) is 1. The summed E-state index contributed by atoms with van der Waals surface area (Å²) in [5.74, 6) is 0.753. The van der Waals surface area contributed by atoms with Crippen LogP contribution in [0.4, 0.5) is 0 Å². The van der Waals surface area contributed by atoms with E-state index < -0.39 is 18.5 Å². The van der Waals surface area contributed by atoms with Crippen molar-refractivity contribution in [3.05, 3.63) is 60.4 Å². The first-order chi connectivity index (χ1) is 13.5. The number of carbonyl (C=O) groups excluding carboxylic acids is 2. The Bertz CT molecular complexity index is 914. The highest BCUT2D eigenvalue weighted by atomic mass is 16.6. The Kier molecular flexibility index (Phi) is 6.16. The number of nitrogens with one attached hydrogen (secondary N) is 1. The second-order valence-corrected chi connectivity index (χ2v) is 6.10. The van der Waals surface area contributed by atoms with Gasteiger partial charge >= 0.3 is 5.97 Å². The van der Waals surface area contributed by atoms with Gasteiger partial charge in [0.15, 0.2) is 13.2 Å². The molecule has 0 aliphatic rings. The zero-order chi connectivity index (χ0) is 19.9. The number of hydrogen-bond acceptors (Lipinski definition) is 6. The standard InChI is InChI=1S/C21H21NO6/c1-14(19-11-15-5-3-4-6-18(15)28-19)22-20(23)12-27-21(24)13-26-17-9-7-16(25-2)8-10-17/h3-11,14H,12-13H2,1-2H3,(H,22,23)/t14-/m0/s1. The molecule has 1 N–H and O–H groups in total. The summed E-state index contributed by atoms with van der Waals surface area (Å²) in [7, 11) is 1.56. The molecule has 1 heterocycles. The Balaban J connectivity index is 1.42. The summed E-state index contributed by atoms with van der Waals surface area (Å²) in [4.78, 5) is 23.8. The van der Waals surface area contributed by atoms with Gasteiger partial charge in [-0.3, -0.25) is 4.79 Å². The fourth-order valence-corrected chi connectivity index (χ4v) is 2.57. The maximum absolute atomic E-state index is 12.0. The summed E-state index contributed by atoms with van der Waals surface area (Å²) in [6.07, 6.45) is 0. The summed E-state index contributed by atoms with van der Waals surface area (Å²) in [5, 5.41) is 3.69. The Morgan fingerprint density at radius 2 is 1.75 bits per heavy atom. The van der Waals surface area contributed by atoms with Crippen LogP contribution in [0.15, 0.2) is 59.0 Å². The number of rotatable bonds is 8. The molecule has 28 heavy (non-hydrogen) atoms. The van der Waals surface area contributed by atoms with E-state index in [1.165, 1.54) is 0 Å². The largest absolute Gasteiger partial charge is 0.497 e. The van der Waals surface area contributed by atoms with Crippen molar-refractivity contribution in [3.63, 3.8) is 0 Å². The molecule has 0 unspecified atom stereocenters. The predicted octanol–water partition coefficient (Wildman–Crippen LogP) is 3.24. The molecule has 146 valence electrons. The minimum atomic E-state index is -0.637. The molecule has 1 atom stereocenters. The monoisotopic (exact) mass is 383 g/mol. The van der Waals surface area contributed by atoms with E-state index in [1.54, 1.807) is 38.3 Å². The molecule has 0 fully saturated rings. The van der Waals surface area contributed by atoms with E-state index in [9.17, 15) is 9.59 Å². The molecule has 0 spiro atoms. The zero-order valence-electron chi connectivity index (χ0n) is 15.6. The highest BCUT2D eigenvalue weighted by Crippen LogP contribution is 2.23. The van der Waals surface area contributed by atoms with Gasteiger partial charge in [-0.2, -0.15) is 0 Å². The SMILES string of the molecule is COc1ccc(OCC(=O)OCC(=O)N[C@@H](C)c2cc3ccccc3o2)cc1. The van der Waals surface area contributed by atoms with Crippen molar-refractivity contribution in [1.29, 1.82) is 0 Å². The van der Waals surface area contributed by atoms with Crippen LogP contribution in [0.2, 0.25) is 0 Å². The maximum Gasteiger partial charge on any atom is 0.344 e. The lowest BCUT2D eigenvalue weighted by atomic mass is 10.2. The smallest absolute Gasteiger partial charge is 0.344 e. The van der Waals surface area contributed by atoms with E-state index >= 15 is 0 Å². The van der Waals surface area contributed by atoms with Crippen LogP contribution < -0.4 is 14.8 Å². The van der Waals surface area contributed by atoms with Crippen molar-refractivity contribution in [2.75, 3.05) is 20.3 Å². The van der Waals surface area contributed by atoms with E-state index in [1.807, 2.05) is 30.3 Å². The lowest BCUT2D eigenvalue weighted by molar-refractivity contribution is -0.150. The van der Waals surface area contributed by atoms with Gasteiger partial charge in [0.05, 0.1) is 13.2 Å². The summed E-state index contributed by atoms with van der Waals surface area (Å²) in [6, 6.07) is 15.9. The number of fused-ring (bicyclic) bond motifs is 1.